The molecule has 0 fully saturated rings. The Kier molecular flexibility index (Phi) is 36.9. The first-order valence-electron chi connectivity index (χ1n) is 22.5. The average Bonchev–Trinajstić information content (AvgIpc) is 3.13. The molecule has 55 heavy (non-hydrogen) atoms. The third kappa shape index (κ3) is 40.5. The van der Waals surface area contributed by atoms with Crippen LogP contribution in [0.5, 0.6) is 0 Å². The predicted octanol–water partition coefficient (Wildman–Crippen LogP) is 12.5. The Morgan fingerprint density at radius 2 is 1.04 bits per heavy atom. The van der Waals surface area contributed by atoms with E-state index in [1.807, 2.05) is 27.2 Å². The van der Waals surface area contributed by atoms with E-state index in [1.54, 1.807) is 6.08 Å². The van der Waals surface area contributed by atoms with Crippen LogP contribution in [0.2, 0.25) is 0 Å². The molecule has 0 aliphatic carbocycles. The van der Waals surface area contributed by atoms with Crippen molar-refractivity contribution in [2.75, 3.05) is 40.9 Å². The van der Waals surface area contributed by atoms with E-state index < -0.39 is 20.0 Å². The molecule has 0 saturated carbocycles. The molecule has 0 aliphatic rings. The molecule has 0 aliphatic heterocycles. The van der Waals surface area contributed by atoms with Crippen LogP contribution in [0.15, 0.2) is 48.6 Å². The van der Waals surface area contributed by atoms with Crippen LogP contribution in [0, 0.1) is 0 Å². The number of amides is 1. The Balaban J connectivity index is 4.30. The van der Waals surface area contributed by atoms with Crippen LogP contribution < -0.4 is 5.32 Å². The number of phosphoric acid groups is 1. The molecule has 3 atom stereocenters. The molecule has 0 aromatic heterocycles. The Hall–Kier alpha value is -1.54. The lowest BCUT2D eigenvalue weighted by Gasteiger charge is -2.25. The number of nitrogens with zero attached hydrogens (tertiary/aromatic N) is 1. The molecule has 8 nitrogen and oxygen atoms in total. The normalized spacial score (nSPS) is 14.8. The highest BCUT2D eigenvalue weighted by Crippen LogP contribution is 2.43. The summed E-state index contributed by atoms with van der Waals surface area (Å²) in [6.45, 7) is 4.76. The van der Waals surface area contributed by atoms with Gasteiger partial charge < -0.3 is 19.8 Å². The van der Waals surface area contributed by atoms with Crippen molar-refractivity contribution in [1.29, 1.82) is 0 Å². The van der Waals surface area contributed by atoms with Crippen molar-refractivity contribution in [2.45, 2.75) is 199 Å². The second-order valence-electron chi connectivity index (χ2n) is 16.4. The Morgan fingerprint density at radius 1 is 0.618 bits per heavy atom. The summed E-state index contributed by atoms with van der Waals surface area (Å²) in [5, 5.41) is 13.8. The third-order valence-electron chi connectivity index (χ3n) is 9.79. The van der Waals surface area contributed by atoms with Gasteiger partial charge in [-0.05, 0) is 57.8 Å². The van der Waals surface area contributed by atoms with Gasteiger partial charge in [-0.25, -0.2) is 4.57 Å². The van der Waals surface area contributed by atoms with Gasteiger partial charge in [0.1, 0.15) is 13.2 Å². The molecule has 322 valence electrons. The maximum absolute atomic E-state index is 12.8. The molecule has 0 heterocycles. The van der Waals surface area contributed by atoms with Gasteiger partial charge in [0.25, 0.3) is 0 Å². The lowest BCUT2D eigenvalue weighted by molar-refractivity contribution is -0.870. The standard InChI is InChI=1S/C46H87N2O6P/c1-6-8-10-12-14-16-18-19-20-21-22-23-24-25-26-27-28-29-30-32-34-36-38-40-46(50)47-44(43-54-55(51,52)53-42-41-48(3,4)5)45(49)39-37-35-33-31-17-15-13-11-9-7-2/h18-19,21-22,24-25,37,39,44-45,49H,6-17,20,23,26-36,38,40-43H2,1-5H3,(H-,47,50,51,52)/p+1/b19-18-,22-21-,25-24-,39-37+. The van der Waals surface area contributed by atoms with Crippen LogP contribution in [0.1, 0.15) is 187 Å². The summed E-state index contributed by atoms with van der Waals surface area (Å²) in [7, 11) is 1.56. The monoisotopic (exact) mass is 796 g/mol. The number of carbonyl (C=O) groups is 1. The van der Waals surface area contributed by atoms with Crippen LogP contribution in [0.4, 0.5) is 0 Å². The number of phosphoric ester groups is 1. The summed E-state index contributed by atoms with van der Waals surface area (Å²) in [5.41, 5.74) is 0. The Morgan fingerprint density at radius 3 is 1.51 bits per heavy atom. The first-order valence-corrected chi connectivity index (χ1v) is 24.0. The van der Waals surface area contributed by atoms with E-state index in [0.717, 1.165) is 57.8 Å². The van der Waals surface area contributed by atoms with E-state index in [9.17, 15) is 19.4 Å². The highest BCUT2D eigenvalue weighted by Gasteiger charge is 2.27. The number of unbranched alkanes of at least 4 members (excludes halogenated alkanes) is 21. The molecule has 0 radical (unpaired) electrons. The van der Waals surface area contributed by atoms with Gasteiger partial charge >= 0.3 is 7.82 Å². The van der Waals surface area contributed by atoms with Gasteiger partial charge in [-0.1, -0.05) is 172 Å². The van der Waals surface area contributed by atoms with Crippen LogP contribution in [0.25, 0.3) is 0 Å². The molecule has 0 aromatic carbocycles. The van der Waals surface area contributed by atoms with Gasteiger partial charge in [-0.15, -0.1) is 0 Å². The van der Waals surface area contributed by atoms with Gasteiger partial charge in [0.2, 0.25) is 5.91 Å². The number of rotatable bonds is 40. The summed E-state index contributed by atoms with van der Waals surface area (Å²) in [4.78, 5) is 23.1. The molecule has 9 heteroatoms. The van der Waals surface area contributed by atoms with Crippen LogP contribution >= 0.6 is 7.82 Å². The quantitative estimate of drug-likeness (QED) is 0.0247. The fraction of sp³-hybridized carbons (Fsp3) is 0.804. The molecule has 0 saturated heterocycles. The molecular formula is C46H88N2O6P+. The fourth-order valence-corrected chi connectivity index (χ4v) is 6.90. The van der Waals surface area contributed by atoms with E-state index in [1.165, 1.54) is 109 Å². The number of hydrogen-bond acceptors (Lipinski definition) is 5. The first-order chi connectivity index (χ1) is 26.5. The van der Waals surface area contributed by atoms with Crippen LogP contribution in [-0.4, -0.2) is 73.4 Å². The molecule has 1 amide bonds. The molecule has 3 N–H and O–H groups in total. The summed E-state index contributed by atoms with van der Waals surface area (Å²) in [6.07, 6.45) is 47.5. The smallest absolute Gasteiger partial charge is 0.387 e. The SMILES string of the molecule is CCCCCCC/C=C\C/C=C\C/C=C\CCCCCCCCCCC(=O)NC(COP(=O)(O)OCC[N+](C)(C)C)C(O)/C=C/CCCCCCCCCC. The zero-order valence-electron chi connectivity index (χ0n) is 36.4. The van der Waals surface area contributed by atoms with Crippen molar-refractivity contribution in [2.24, 2.45) is 0 Å². The summed E-state index contributed by atoms with van der Waals surface area (Å²) in [5.74, 6) is -0.188. The maximum atomic E-state index is 12.8. The van der Waals surface area contributed by atoms with Crippen molar-refractivity contribution in [1.82, 2.24) is 5.32 Å². The second kappa shape index (κ2) is 38.0. The summed E-state index contributed by atoms with van der Waals surface area (Å²) >= 11 is 0. The number of quaternary nitrogens is 1. The van der Waals surface area contributed by atoms with Gasteiger partial charge in [-0.2, -0.15) is 0 Å². The van der Waals surface area contributed by atoms with E-state index in [-0.39, 0.29) is 19.1 Å². The molecule has 0 bridgehead atoms. The van der Waals surface area contributed by atoms with Crippen molar-refractivity contribution < 1.29 is 32.9 Å². The van der Waals surface area contributed by atoms with E-state index in [0.29, 0.717) is 17.4 Å². The first kappa shape index (κ1) is 53.5. The van der Waals surface area contributed by atoms with Crippen molar-refractivity contribution in [3.8, 4) is 0 Å². The third-order valence-corrected chi connectivity index (χ3v) is 10.8. The van der Waals surface area contributed by atoms with E-state index in [4.69, 9.17) is 9.05 Å². The van der Waals surface area contributed by atoms with Gasteiger partial charge in [0.05, 0.1) is 39.9 Å². The lowest BCUT2D eigenvalue weighted by atomic mass is 10.1. The van der Waals surface area contributed by atoms with Crippen molar-refractivity contribution >= 4 is 13.7 Å². The molecule has 0 rings (SSSR count). The van der Waals surface area contributed by atoms with Crippen LogP contribution in [-0.2, 0) is 18.4 Å². The zero-order chi connectivity index (χ0) is 40.7. The predicted molar refractivity (Wildman–Crippen MR) is 235 cm³/mol. The number of aliphatic hydroxyl groups excluding tert-OH is 1. The largest absolute Gasteiger partial charge is 0.472 e. The Labute approximate surface area is 339 Å². The number of nitrogens with one attached hydrogen (secondary N) is 1. The summed E-state index contributed by atoms with van der Waals surface area (Å²) in [6, 6.07) is -0.849. The van der Waals surface area contributed by atoms with E-state index in [2.05, 4.69) is 55.6 Å². The molecular weight excluding hydrogens is 707 g/mol. The lowest BCUT2D eigenvalue weighted by Crippen LogP contribution is -2.45. The van der Waals surface area contributed by atoms with Crippen molar-refractivity contribution in [3.05, 3.63) is 48.6 Å². The number of likely N-dealkylation sites (N-methyl/N-ethyl adjacent to an activating group) is 1. The summed E-state index contributed by atoms with van der Waals surface area (Å²) < 4.78 is 23.5. The molecule has 3 unspecified atom stereocenters. The second-order valence-corrected chi connectivity index (χ2v) is 17.9. The number of carbonyl (C=O) groups excluding carboxylic acids is 1. The fourth-order valence-electron chi connectivity index (χ4n) is 6.16. The van der Waals surface area contributed by atoms with Crippen LogP contribution in [0.3, 0.4) is 0 Å². The van der Waals surface area contributed by atoms with Gasteiger partial charge in [0.15, 0.2) is 0 Å². The Bertz CT molecular complexity index is 1040. The zero-order valence-corrected chi connectivity index (χ0v) is 37.3. The number of aliphatic hydroxyl groups is 1. The van der Waals surface area contributed by atoms with Crippen molar-refractivity contribution in [3.63, 3.8) is 0 Å². The maximum Gasteiger partial charge on any atom is 0.472 e. The number of hydrogen-bond donors (Lipinski definition) is 3. The minimum atomic E-state index is -4.34. The minimum absolute atomic E-state index is 0.0582. The average molecular weight is 796 g/mol. The topological polar surface area (TPSA) is 105 Å². The minimum Gasteiger partial charge on any atom is -0.387 e. The van der Waals surface area contributed by atoms with Gasteiger partial charge in [-0.3, -0.25) is 13.8 Å². The molecule has 0 aromatic rings. The van der Waals surface area contributed by atoms with E-state index >= 15 is 0 Å². The highest BCUT2D eigenvalue weighted by molar-refractivity contribution is 7.47. The van der Waals surface area contributed by atoms with Gasteiger partial charge in [0, 0.05) is 6.42 Å². The number of allylic oxidation sites excluding steroid dienone is 7. The highest BCUT2D eigenvalue weighted by atomic mass is 31.2. The molecule has 0 spiro atoms.